The second-order valence-corrected chi connectivity index (χ2v) is 5.65. The predicted octanol–water partition coefficient (Wildman–Crippen LogP) is 2.36. The lowest BCUT2D eigenvalue weighted by atomic mass is 9.69. The Bertz CT molecular complexity index is 438. The second-order valence-electron chi connectivity index (χ2n) is 5.65. The van der Waals surface area contributed by atoms with Gasteiger partial charge in [0.1, 0.15) is 5.82 Å². The number of halogens is 1. The lowest BCUT2D eigenvalue weighted by Crippen LogP contribution is -2.44. The molecule has 3 nitrogen and oxygen atoms in total. The zero-order valence-electron chi connectivity index (χ0n) is 12.0. The SMILES string of the molecule is CNCC(=O)NCC1(c2ccc(F)cc2)CCCCC1. The molecule has 1 aliphatic rings. The topological polar surface area (TPSA) is 41.1 Å². The minimum Gasteiger partial charge on any atom is -0.354 e. The molecule has 1 amide bonds. The molecule has 0 aliphatic heterocycles. The molecular formula is C16H23FN2O. The molecule has 0 radical (unpaired) electrons. The molecule has 0 saturated heterocycles. The molecule has 0 bridgehead atoms. The summed E-state index contributed by atoms with van der Waals surface area (Å²) in [4.78, 5) is 11.7. The molecule has 0 heterocycles. The number of carbonyl (C=O) groups is 1. The van der Waals surface area contributed by atoms with E-state index in [0.717, 1.165) is 18.4 Å². The first-order valence-electron chi connectivity index (χ1n) is 7.34. The first-order valence-corrected chi connectivity index (χ1v) is 7.34. The molecule has 20 heavy (non-hydrogen) atoms. The largest absolute Gasteiger partial charge is 0.354 e. The van der Waals surface area contributed by atoms with Crippen LogP contribution < -0.4 is 10.6 Å². The highest BCUT2D eigenvalue weighted by Crippen LogP contribution is 2.39. The number of benzene rings is 1. The number of likely N-dealkylation sites (N-methyl/N-ethyl adjacent to an activating group) is 1. The maximum Gasteiger partial charge on any atom is 0.233 e. The quantitative estimate of drug-likeness (QED) is 0.868. The van der Waals surface area contributed by atoms with Crippen LogP contribution >= 0.6 is 0 Å². The number of amides is 1. The summed E-state index contributed by atoms with van der Waals surface area (Å²) in [5.74, 6) is -0.196. The van der Waals surface area contributed by atoms with Gasteiger partial charge in [-0.25, -0.2) is 4.39 Å². The first-order chi connectivity index (χ1) is 9.66. The minimum absolute atomic E-state index is 0.0135. The maximum absolute atomic E-state index is 13.1. The molecular weight excluding hydrogens is 255 g/mol. The van der Waals surface area contributed by atoms with Crippen LogP contribution in [0.25, 0.3) is 0 Å². The van der Waals surface area contributed by atoms with Crippen LogP contribution in [-0.4, -0.2) is 26.0 Å². The third-order valence-electron chi connectivity index (χ3n) is 4.23. The van der Waals surface area contributed by atoms with Crippen molar-refractivity contribution in [2.45, 2.75) is 37.5 Å². The molecule has 4 heteroatoms. The predicted molar refractivity (Wildman–Crippen MR) is 78.1 cm³/mol. The lowest BCUT2D eigenvalue weighted by Gasteiger charge is -2.38. The van der Waals surface area contributed by atoms with Crippen molar-refractivity contribution in [3.05, 3.63) is 35.6 Å². The van der Waals surface area contributed by atoms with E-state index in [0.29, 0.717) is 13.1 Å². The van der Waals surface area contributed by atoms with Gasteiger partial charge in [0.25, 0.3) is 0 Å². The molecule has 0 spiro atoms. The number of hydrogen-bond acceptors (Lipinski definition) is 2. The smallest absolute Gasteiger partial charge is 0.233 e. The van der Waals surface area contributed by atoms with Gasteiger partial charge >= 0.3 is 0 Å². The molecule has 1 aromatic rings. The number of hydrogen-bond donors (Lipinski definition) is 2. The third kappa shape index (κ3) is 3.57. The van der Waals surface area contributed by atoms with Crippen molar-refractivity contribution in [1.29, 1.82) is 0 Å². The minimum atomic E-state index is -0.209. The Labute approximate surface area is 120 Å². The summed E-state index contributed by atoms with van der Waals surface area (Å²) in [6, 6.07) is 6.76. The second kappa shape index (κ2) is 6.84. The van der Waals surface area contributed by atoms with Gasteiger partial charge in [0.05, 0.1) is 6.54 Å². The summed E-state index contributed by atoms with van der Waals surface area (Å²) < 4.78 is 13.1. The van der Waals surface area contributed by atoms with Crippen LogP contribution in [0.2, 0.25) is 0 Å². The van der Waals surface area contributed by atoms with Crippen LogP contribution in [0.5, 0.6) is 0 Å². The monoisotopic (exact) mass is 278 g/mol. The third-order valence-corrected chi connectivity index (χ3v) is 4.23. The van der Waals surface area contributed by atoms with Crippen molar-refractivity contribution in [2.24, 2.45) is 0 Å². The summed E-state index contributed by atoms with van der Waals surface area (Å²) in [5, 5.41) is 5.87. The standard InChI is InChI=1S/C16H23FN2O/c1-18-11-15(20)19-12-16(9-3-2-4-10-16)13-5-7-14(17)8-6-13/h5-8,18H,2-4,9-12H2,1H3,(H,19,20). The zero-order chi connectivity index (χ0) is 14.4. The van der Waals surface area contributed by atoms with Crippen LogP contribution in [0, 0.1) is 5.82 Å². The Morgan fingerprint density at radius 3 is 2.45 bits per heavy atom. The van der Waals surface area contributed by atoms with E-state index in [1.165, 1.54) is 31.4 Å². The van der Waals surface area contributed by atoms with E-state index in [1.54, 1.807) is 7.05 Å². The summed E-state index contributed by atoms with van der Waals surface area (Å²) in [6.45, 7) is 0.971. The van der Waals surface area contributed by atoms with Crippen LogP contribution in [0.3, 0.4) is 0 Å². The molecule has 1 aliphatic carbocycles. The summed E-state index contributed by atoms with van der Waals surface area (Å²) >= 11 is 0. The normalized spacial score (nSPS) is 17.7. The molecule has 0 aromatic heterocycles. The van der Waals surface area contributed by atoms with E-state index in [1.807, 2.05) is 12.1 Å². The highest BCUT2D eigenvalue weighted by molar-refractivity contribution is 5.78. The average molecular weight is 278 g/mol. The van der Waals surface area contributed by atoms with Crippen LogP contribution in [0.4, 0.5) is 4.39 Å². The van der Waals surface area contributed by atoms with Gasteiger partial charge in [-0.2, -0.15) is 0 Å². The fraction of sp³-hybridized carbons (Fsp3) is 0.562. The van der Waals surface area contributed by atoms with E-state index < -0.39 is 0 Å². The maximum atomic E-state index is 13.1. The van der Waals surface area contributed by atoms with Crippen molar-refractivity contribution >= 4 is 5.91 Å². The van der Waals surface area contributed by atoms with Gasteiger partial charge in [-0.1, -0.05) is 31.4 Å². The van der Waals surface area contributed by atoms with Gasteiger partial charge < -0.3 is 10.6 Å². The Morgan fingerprint density at radius 1 is 1.20 bits per heavy atom. The molecule has 2 N–H and O–H groups in total. The Balaban J connectivity index is 2.12. The highest BCUT2D eigenvalue weighted by Gasteiger charge is 2.34. The fourth-order valence-corrected chi connectivity index (χ4v) is 3.09. The molecule has 1 fully saturated rings. The molecule has 2 rings (SSSR count). The van der Waals surface area contributed by atoms with Crippen molar-refractivity contribution in [3.63, 3.8) is 0 Å². The summed E-state index contributed by atoms with van der Waals surface area (Å²) in [7, 11) is 1.76. The van der Waals surface area contributed by atoms with E-state index in [9.17, 15) is 9.18 Å². The van der Waals surface area contributed by atoms with E-state index >= 15 is 0 Å². The van der Waals surface area contributed by atoms with Gasteiger partial charge in [0, 0.05) is 12.0 Å². The van der Waals surface area contributed by atoms with Crippen molar-refractivity contribution in [3.8, 4) is 0 Å². The van der Waals surface area contributed by atoms with Crippen LogP contribution in [0.15, 0.2) is 24.3 Å². The number of rotatable bonds is 5. The molecule has 110 valence electrons. The Morgan fingerprint density at radius 2 is 1.85 bits per heavy atom. The van der Waals surface area contributed by atoms with Crippen LogP contribution in [0.1, 0.15) is 37.7 Å². The first kappa shape index (κ1) is 15.0. The van der Waals surface area contributed by atoms with Gasteiger partial charge in [-0.15, -0.1) is 0 Å². The van der Waals surface area contributed by atoms with E-state index in [4.69, 9.17) is 0 Å². The molecule has 0 atom stereocenters. The molecule has 1 aromatic carbocycles. The van der Waals surface area contributed by atoms with E-state index in [-0.39, 0.29) is 17.1 Å². The fourth-order valence-electron chi connectivity index (χ4n) is 3.09. The number of nitrogens with one attached hydrogen (secondary N) is 2. The average Bonchev–Trinajstić information content (AvgIpc) is 2.47. The van der Waals surface area contributed by atoms with Crippen molar-refractivity contribution in [2.75, 3.05) is 20.1 Å². The van der Waals surface area contributed by atoms with Crippen molar-refractivity contribution < 1.29 is 9.18 Å². The summed E-state index contributed by atoms with van der Waals surface area (Å²) in [6.07, 6.45) is 5.68. The van der Waals surface area contributed by atoms with Crippen LogP contribution in [-0.2, 0) is 10.2 Å². The highest BCUT2D eigenvalue weighted by atomic mass is 19.1. The van der Waals surface area contributed by atoms with Gasteiger partial charge in [0.2, 0.25) is 5.91 Å². The number of carbonyl (C=O) groups excluding carboxylic acids is 1. The Hall–Kier alpha value is -1.42. The summed E-state index contributed by atoms with van der Waals surface area (Å²) in [5.41, 5.74) is 1.11. The van der Waals surface area contributed by atoms with Crippen molar-refractivity contribution in [1.82, 2.24) is 10.6 Å². The molecule has 0 unspecified atom stereocenters. The Kier molecular flexibility index (Phi) is 5.12. The van der Waals surface area contributed by atoms with E-state index in [2.05, 4.69) is 10.6 Å². The van der Waals surface area contributed by atoms with Gasteiger partial charge in [-0.05, 0) is 37.6 Å². The lowest BCUT2D eigenvalue weighted by molar-refractivity contribution is -0.120. The van der Waals surface area contributed by atoms with Gasteiger partial charge in [-0.3, -0.25) is 4.79 Å². The van der Waals surface area contributed by atoms with Gasteiger partial charge in [0.15, 0.2) is 0 Å². The zero-order valence-corrected chi connectivity index (χ0v) is 12.0. The molecule has 1 saturated carbocycles.